The predicted molar refractivity (Wildman–Crippen MR) is 88.7 cm³/mol. The molecule has 1 aliphatic rings. The topological polar surface area (TPSA) is 77.1 Å². The Morgan fingerprint density at radius 2 is 1.67 bits per heavy atom. The molecule has 24 heavy (non-hydrogen) atoms. The van der Waals surface area contributed by atoms with Crippen LogP contribution in [0.25, 0.3) is 0 Å². The summed E-state index contributed by atoms with van der Waals surface area (Å²) in [6, 6.07) is 2.55. The number of urea groups is 1. The zero-order valence-electron chi connectivity index (χ0n) is 14.5. The summed E-state index contributed by atoms with van der Waals surface area (Å²) in [4.78, 5) is 25.7. The Morgan fingerprint density at radius 3 is 2.25 bits per heavy atom. The predicted octanol–water partition coefficient (Wildman–Crippen LogP) is 1.98. The van der Waals surface area contributed by atoms with E-state index in [1.807, 2.05) is 6.92 Å². The second-order valence-electron chi connectivity index (χ2n) is 5.57. The highest BCUT2D eigenvalue weighted by atomic mass is 16.5. The van der Waals surface area contributed by atoms with Crippen LogP contribution in [-0.4, -0.2) is 50.8 Å². The van der Waals surface area contributed by atoms with E-state index in [4.69, 9.17) is 14.2 Å². The third-order valence-corrected chi connectivity index (χ3v) is 4.05. The highest BCUT2D eigenvalue weighted by Gasteiger charge is 2.37. The molecule has 0 aromatic heterocycles. The maximum Gasteiger partial charge on any atom is 0.324 e. The number of ether oxygens (including phenoxy) is 3. The van der Waals surface area contributed by atoms with Gasteiger partial charge in [-0.15, -0.1) is 0 Å². The molecule has 132 valence electrons. The van der Waals surface area contributed by atoms with Crippen LogP contribution in [0, 0.1) is 0 Å². The zero-order valence-corrected chi connectivity index (χ0v) is 14.5. The third-order valence-electron chi connectivity index (χ3n) is 4.05. The van der Waals surface area contributed by atoms with Crippen molar-refractivity contribution in [2.45, 2.75) is 32.2 Å². The zero-order chi connectivity index (χ0) is 17.7. The fraction of sp³-hybridized carbons (Fsp3) is 0.529. The number of hydrogen-bond donors (Lipinski definition) is 1. The summed E-state index contributed by atoms with van der Waals surface area (Å²) in [5, 5.41) is 2.74. The number of unbranched alkanes of at least 4 members (excludes halogenated alkanes) is 1. The summed E-state index contributed by atoms with van der Waals surface area (Å²) in [5.41, 5.74) is 0.770. The molecule has 0 aliphatic carbocycles. The molecule has 1 aliphatic heterocycles. The molecule has 2 rings (SSSR count). The third kappa shape index (κ3) is 3.55. The Kier molecular flexibility index (Phi) is 5.89. The van der Waals surface area contributed by atoms with Crippen molar-refractivity contribution in [2.24, 2.45) is 0 Å². The molecule has 0 radical (unpaired) electrons. The number of imide groups is 1. The van der Waals surface area contributed by atoms with Gasteiger partial charge in [0.15, 0.2) is 11.5 Å². The van der Waals surface area contributed by atoms with E-state index in [2.05, 4.69) is 5.32 Å². The van der Waals surface area contributed by atoms with E-state index >= 15 is 0 Å². The molecule has 1 saturated heterocycles. The smallest absolute Gasteiger partial charge is 0.324 e. The second-order valence-corrected chi connectivity index (χ2v) is 5.57. The van der Waals surface area contributed by atoms with Crippen LogP contribution in [0.1, 0.15) is 25.3 Å². The summed E-state index contributed by atoms with van der Waals surface area (Å²) in [5.74, 6) is 1.48. The lowest BCUT2D eigenvalue weighted by Crippen LogP contribution is -2.33. The number of nitrogens with zero attached hydrogens (tertiary/aromatic N) is 1. The van der Waals surface area contributed by atoms with Crippen LogP contribution < -0.4 is 19.5 Å². The number of carbonyl (C=O) groups excluding carboxylic acids is 2. The summed E-state index contributed by atoms with van der Waals surface area (Å²) in [7, 11) is 4.64. The van der Waals surface area contributed by atoms with Crippen molar-refractivity contribution in [3.8, 4) is 17.2 Å². The molecule has 0 bridgehead atoms. The van der Waals surface area contributed by atoms with Crippen molar-refractivity contribution in [3.63, 3.8) is 0 Å². The number of carbonyl (C=O) groups is 2. The van der Waals surface area contributed by atoms with Gasteiger partial charge in [0.1, 0.15) is 11.8 Å². The summed E-state index contributed by atoms with van der Waals surface area (Å²) in [6.07, 6.45) is 2.05. The fourth-order valence-electron chi connectivity index (χ4n) is 2.72. The lowest BCUT2D eigenvalue weighted by Gasteiger charge is -2.16. The Balaban J connectivity index is 2.21. The van der Waals surface area contributed by atoms with Gasteiger partial charge in [-0.25, -0.2) is 4.79 Å². The van der Waals surface area contributed by atoms with E-state index in [0.29, 0.717) is 30.2 Å². The fourth-order valence-corrected chi connectivity index (χ4v) is 2.72. The maximum atomic E-state index is 12.4. The molecule has 7 heteroatoms. The highest BCUT2D eigenvalue weighted by molar-refractivity contribution is 6.04. The van der Waals surface area contributed by atoms with Gasteiger partial charge in [-0.05, 0) is 12.5 Å². The normalized spacial score (nSPS) is 17.0. The molecule has 0 spiro atoms. The first-order valence-corrected chi connectivity index (χ1v) is 7.96. The average Bonchev–Trinajstić information content (AvgIpc) is 2.86. The van der Waals surface area contributed by atoms with Crippen LogP contribution >= 0.6 is 0 Å². The molecule has 3 amide bonds. The Bertz CT molecular complexity index is 617. The van der Waals surface area contributed by atoms with E-state index in [9.17, 15) is 9.59 Å². The summed E-state index contributed by atoms with van der Waals surface area (Å²) >= 11 is 0. The van der Waals surface area contributed by atoms with Crippen molar-refractivity contribution < 1.29 is 23.8 Å². The van der Waals surface area contributed by atoms with Gasteiger partial charge in [-0.3, -0.25) is 9.69 Å². The second kappa shape index (κ2) is 7.90. The Labute approximate surface area is 141 Å². The van der Waals surface area contributed by atoms with Crippen LogP contribution in [0.3, 0.4) is 0 Å². The molecule has 7 nitrogen and oxygen atoms in total. The maximum absolute atomic E-state index is 12.4. The van der Waals surface area contributed by atoms with E-state index in [1.165, 1.54) is 4.90 Å². The van der Waals surface area contributed by atoms with Crippen LogP contribution in [0.2, 0.25) is 0 Å². The first-order valence-electron chi connectivity index (χ1n) is 7.96. The Morgan fingerprint density at radius 1 is 1.04 bits per heavy atom. The van der Waals surface area contributed by atoms with Crippen LogP contribution in [-0.2, 0) is 11.2 Å². The van der Waals surface area contributed by atoms with Crippen molar-refractivity contribution in [1.82, 2.24) is 10.2 Å². The van der Waals surface area contributed by atoms with Crippen molar-refractivity contribution in [1.29, 1.82) is 0 Å². The average molecular weight is 336 g/mol. The molecule has 0 saturated carbocycles. The number of amides is 3. The highest BCUT2D eigenvalue weighted by Crippen LogP contribution is 2.35. The van der Waals surface area contributed by atoms with Gasteiger partial charge in [0.2, 0.25) is 0 Å². The minimum Gasteiger partial charge on any atom is -0.496 e. The SMILES string of the molecule is CCCCN1C(=O)NC(Cc2cc(OC)c(OC)cc2OC)C1=O. The number of methoxy groups -OCH3 is 3. The molecule has 1 fully saturated rings. The van der Waals surface area contributed by atoms with Crippen LogP contribution in [0.5, 0.6) is 17.2 Å². The Hall–Kier alpha value is -2.44. The molecular weight excluding hydrogens is 312 g/mol. The van der Waals surface area contributed by atoms with Crippen molar-refractivity contribution >= 4 is 11.9 Å². The van der Waals surface area contributed by atoms with E-state index in [-0.39, 0.29) is 11.9 Å². The molecule has 1 atom stereocenters. The number of nitrogens with one attached hydrogen (secondary N) is 1. The molecule has 1 unspecified atom stereocenters. The lowest BCUT2D eigenvalue weighted by atomic mass is 10.0. The van der Waals surface area contributed by atoms with Crippen LogP contribution in [0.4, 0.5) is 4.79 Å². The van der Waals surface area contributed by atoms with Gasteiger partial charge >= 0.3 is 6.03 Å². The standard InChI is InChI=1S/C17H24N2O5/c1-5-6-7-19-16(20)12(18-17(19)21)8-11-9-14(23-3)15(24-4)10-13(11)22-2/h9-10,12H,5-8H2,1-4H3,(H,18,21). The van der Waals surface area contributed by atoms with Gasteiger partial charge in [0.25, 0.3) is 5.91 Å². The monoisotopic (exact) mass is 336 g/mol. The van der Waals surface area contributed by atoms with Gasteiger partial charge in [0.05, 0.1) is 21.3 Å². The molecule has 1 aromatic rings. The summed E-state index contributed by atoms with van der Waals surface area (Å²) < 4.78 is 15.9. The van der Waals surface area contributed by atoms with E-state index in [1.54, 1.807) is 33.5 Å². The minimum absolute atomic E-state index is 0.203. The number of rotatable bonds is 8. The van der Waals surface area contributed by atoms with Crippen molar-refractivity contribution in [3.05, 3.63) is 17.7 Å². The van der Waals surface area contributed by atoms with Gasteiger partial charge in [-0.1, -0.05) is 13.3 Å². The van der Waals surface area contributed by atoms with Gasteiger partial charge in [0, 0.05) is 24.6 Å². The number of benzene rings is 1. The molecule has 1 heterocycles. The van der Waals surface area contributed by atoms with Crippen LogP contribution in [0.15, 0.2) is 12.1 Å². The molecule has 1 N–H and O–H groups in total. The van der Waals surface area contributed by atoms with E-state index in [0.717, 1.165) is 18.4 Å². The largest absolute Gasteiger partial charge is 0.496 e. The first kappa shape index (κ1) is 17.9. The lowest BCUT2D eigenvalue weighted by molar-refractivity contribution is -0.127. The van der Waals surface area contributed by atoms with Crippen molar-refractivity contribution in [2.75, 3.05) is 27.9 Å². The van der Waals surface area contributed by atoms with E-state index < -0.39 is 6.04 Å². The summed E-state index contributed by atoms with van der Waals surface area (Å²) in [6.45, 7) is 2.46. The molecular formula is C17H24N2O5. The minimum atomic E-state index is -0.596. The quantitative estimate of drug-likeness (QED) is 0.735. The molecule has 1 aromatic carbocycles. The van der Waals surface area contributed by atoms with Gasteiger partial charge in [-0.2, -0.15) is 0 Å². The van der Waals surface area contributed by atoms with Gasteiger partial charge < -0.3 is 19.5 Å². The number of hydrogen-bond acceptors (Lipinski definition) is 5. The first-order chi connectivity index (χ1) is 11.5.